The average Bonchev–Trinajstić information content (AvgIpc) is 3.16. The summed E-state index contributed by atoms with van der Waals surface area (Å²) in [4.78, 5) is 13.4. The Morgan fingerprint density at radius 1 is 1.26 bits per heavy atom. The minimum Gasteiger partial charge on any atom is -0.467 e. The van der Waals surface area contributed by atoms with E-state index in [1.54, 1.807) is 6.26 Å². The number of carbonyl (C=O) groups excluding carboxylic acids is 1. The van der Waals surface area contributed by atoms with Gasteiger partial charge in [-0.15, -0.1) is 10.2 Å². The molecule has 2 unspecified atom stereocenters. The molecule has 10 heteroatoms. The van der Waals surface area contributed by atoms with E-state index in [0.717, 1.165) is 29.9 Å². The maximum Gasteiger partial charge on any atom is 0.256 e. The van der Waals surface area contributed by atoms with Gasteiger partial charge in [0.1, 0.15) is 11.8 Å². The van der Waals surface area contributed by atoms with Gasteiger partial charge in [0.05, 0.1) is 17.2 Å². The molecule has 5 rings (SSSR count). The van der Waals surface area contributed by atoms with Crippen molar-refractivity contribution in [1.29, 1.82) is 0 Å². The number of amides is 1. The summed E-state index contributed by atoms with van der Waals surface area (Å²) >= 11 is 7.30. The standard InChI is InChI=1S/C21H21ClN6O2S/c1-12(31-21-25-24-19(27(21)23)14-4-5-14)20(29)28-17(18-3-2-10-30-18)11-16(26-28)13-6-8-15(22)9-7-13/h2-3,6-10,12,14,17H,4-5,11,23H2,1H3. The van der Waals surface area contributed by atoms with Gasteiger partial charge in [0, 0.05) is 17.4 Å². The lowest BCUT2D eigenvalue weighted by molar-refractivity contribution is -0.132. The second-order valence-corrected chi connectivity index (χ2v) is 9.46. The molecule has 1 saturated carbocycles. The summed E-state index contributed by atoms with van der Waals surface area (Å²) in [6, 6.07) is 10.8. The minimum atomic E-state index is -0.454. The molecule has 3 heterocycles. The first-order chi connectivity index (χ1) is 15.0. The van der Waals surface area contributed by atoms with Crippen LogP contribution in [0, 0.1) is 0 Å². The molecule has 0 bridgehead atoms. The molecule has 2 aliphatic rings. The van der Waals surface area contributed by atoms with Crippen LogP contribution in [0.5, 0.6) is 0 Å². The van der Waals surface area contributed by atoms with Crippen molar-refractivity contribution in [2.45, 2.75) is 48.6 Å². The molecular formula is C21H21ClN6O2S. The number of thioether (sulfide) groups is 1. The van der Waals surface area contributed by atoms with E-state index in [1.807, 2.05) is 43.3 Å². The molecule has 1 aliphatic heterocycles. The molecule has 3 aromatic rings. The van der Waals surface area contributed by atoms with E-state index < -0.39 is 5.25 Å². The van der Waals surface area contributed by atoms with Crippen LogP contribution in [-0.4, -0.2) is 36.8 Å². The molecular weight excluding hydrogens is 436 g/mol. The Hall–Kier alpha value is -2.78. The molecule has 0 spiro atoms. The molecule has 8 nitrogen and oxygen atoms in total. The Kier molecular flexibility index (Phi) is 5.23. The molecule has 1 aliphatic carbocycles. The topological polar surface area (TPSA) is 103 Å². The number of nitrogen functional groups attached to an aromatic ring is 1. The zero-order valence-electron chi connectivity index (χ0n) is 16.8. The molecule has 0 radical (unpaired) electrons. The van der Waals surface area contributed by atoms with E-state index in [0.29, 0.717) is 28.3 Å². The fourth-order valence-corrected chi connectivity index (χ4v) is 4.56. The highest BCUT2D eigenvalue weighted by Gasteiger charge is 2.38. The van der Waals surface area contributed by atoms with Crippen LogP contribution in [0.15, 0.2) is 57.3 Å². The third-order valence-electron chi connectivity index (χ3n) is 5.45. The smallest absolute Gasteiger partial charge is 0.256 e. The van der Waals surface area contributed by atoms with Gasteiger partial charge in [0.15, 0.2) is 5.82 Å². The van der Waals surface area contributed by atoms with Gasteiger partial charge in [-0.3, -0.25) is 4.79 Å². The van der Waals surface area contributed by atoms with Crippen molar-refractivity contribution in [3.8, 4) is 0 Å². The highest BCUT2D eigenvalue weighted by atomic mass is 35.5. The number of hydrogen-bond donors (Lipinski definition) is 1. The van der Waals surface area contributed by atoms with E-state index in [1.165, 1.54) is 21.4 Å². The van der Waals surface area contributed by atoms with E-state index in [9.17, 15) is 4.79 Å². The molecule has 2 atom stereocenters. The molecule has 160 valence electrons. The highest BCUT2D eigenvalue weighted by molar-refractivity contribution is 8.00. The fourth-order valence-electron chi connectivity index (χ4n) is 3.62. The molecule has 0 saturated heterocycles. The third kappa shape index (κ3) is 3.95. The van der Waals surface area contributed by atoms with Gasteiger partial charge < -0.3 is 10.3 Å². The second kappa shape index (κ2) is 8.05. The van der Waals surface area contributed by atoms with Crippen molar-refractivity contribution in [2.75, 3.05) is 5.84 Å². The number of rotatable bonds is 6. The molecule has 2 aromatic heterocycles. The third-order valence-corrected chi connectivity index (χ3v) is 6.74. The van der Waals surface area contributed by atoms with Crippen LogP contribution in [0.3, 0.4) is 0 Å². The minimum absolute atomic E-state index is 0.147. The second-order valence-electron chi connectivity index (χ2n) is 7.72. The van der Waals surface area contributed by atoms with Crippen LogP contribution < -0.4 is 5.84 Å². The molecule has 31 heavy (non-hydrogen) atoms. The number of hydrazone groups is 1. The number of carbonyl (C=O) groups is 1. The Balaban J connectivity index is 1.39. The molecule has 1 amide bonds. The first-order valence-corrected chi connectivity index (χ1v) is 11.3. The zero-order chi connectivity index (χ0) is 21.5. The summed E-state index contributed by atoms with van der Waals surface area (Å²) in [7, 11) is 0. The summed E-state index contributed by atoms with van der Waals surface area (Å²) in [5.74, 6) is 7.86. The van der Waals surface area contributed by atoms with Gasteiger partial charge in [0.25, 0.3) is 5.91 Å². The lowest BCUT2D eigenvalue weighted by Gasteiger charge is -2.22. The number of halogens is 1. The largest absolute Gasteiger partial charge is 0.467 e. The quantitative estimate of drug-likeness (QED) is 0.444. The normalized spacial score (nSPS) is 19.5. The van der Waals surface area contributed by atoms with Gasteiger partial charge in [0.2, 0.25) is 5.16 Å². The lowest BCUT2D eigenvalue weighted by Crippen LogP contribution is -2.33. The summed E-state index contributed by atoms with van der Waals surface area (Å²) in [5, 5.41) is 15.3. The Morgan fingerprint density at radius 2 is 2.03 bits per heavy atom. The van der Waals surface area contributed by atoms with Crippen molar-refractivity contribution in [3.05, 3.63) is 64.8 Å². The highest BCUT2D eigenvalue weighted by Crippen LogP contribution is 2.40. The molecule has 2 N–H and O–H groups in total. The van der Waals surface area contributed by atoms with Gasteiger partial charge >= 0.3 is 0 Å². The van der Waals surface area contributed by atoms with Crippen molar-refractivity contribution >= 4 is 35.0 Å². The number of nitrogens with zero attached hydrogens (tertiary/aromatic N) is 5. The summed E-state index contributed by atoms with van der Waals surface area (Å²) < 4.78 is 7.12. The predicted octanol–water partition coefficient (Wildman–Crippen LogP) is 3.97. The molecule has 1 fully saturated rings. The Morgan fingerprint density at radius 3 is 2.71 bits per heavy atom. The molecule has 1 aromatic carbocycles. The summed E-state index contributed by atoms with van der Waals surface area (Å²) in [6.07, 6.45) is 4.31. The van der Waals surface area contributed by atoms with Crippen molar-refractivity contribution in [3.63, 3.8) is 0 Å². The van der Waals surface area contributed by atoms with Crippen LogP contribution in [0.4, 0.5) is 0 Å². The number of nitrogens with two attached hydrogens (primary N) is 1. The summed E-state index contributed by atoms with van der Waals surface area (Å²) in [5.41, 5.74) is 1.73. The first kappa shape index (κ1) is 20.1. The van der Waals surface area contributed by atoms with E-state index >= 15 is 0 Å². The van der Waals surface area contributed by atoms with E-state index in [2.05, 4.69) is 15.3 Å². The van der Waals surface area contributed by atoms with Crippen LogP contribution in [-0.2, 0) is 4.79 Å². The number of benzene rings is 1. The lowest BCUT2D eigenvalue weighted by atomic mass is 10.0. The predicted molar refractivity (Wildman–Crippen MR) is 118 cm³/mol. The van der Waals surface area contributed by atoms with Crippen molar-refractivity contribution < 1.29 is 9.21 Å². The Labute approximate surface area is 188 Å². The van der Waals surface area contributed by atoms with Crippen LogP contribution in [0.25, 0.3) is 0 Å². The van der Waals surface area contributed by atoms with Crippen LogP contribution in [0.1, 0.15) is 55.3 Å². The fraction of sp³-hybridized carbons (Fsp3) is 0.333. The SMILES string of the molecule is CC(Sc1nnc(C2CC2)n1N)C(=O)N1N=C(c2ccc(Cl)cc2)CC1c1ccco1. The van der Waals surface area contributed by atoms with Crippen molar-refractivity contribution in [2.24, 2.45) is 5.10 Å². The number of hydrogen-bond acceptors (Lipinski definition) is 7. The van der Waals surface area contributed by atoms with Gasteiger partial charge in [-0.25, -0.2) is 9.69 Å². The van der Waals surface area contributed by atoms with E-state index in [-0.39, 0.29) is 11.9 Å². The average molecular weight is 457 g/mol. The van der Waals surface area contributed by atoms with Gasteiger partial charge in [-0.2, -0.15) is 5.10 Å². The van der Waals surface area contributed by atoms with E-state index in [4.69, 9.17) is 21.9 Å². The maximum absolute atomic E-state index is 13.4. The van der Waals surface area contributed by atoms with Gasteiger partial charge in [-0.05, 0) is 49.6 Å². The number of aromatic nitrogens is 3. The first-order valence-electron chi connectivity index (χ1n) is 10.1. The summed E-state index contributed by atoms with van der Waals surface area (Å²) in [6.45, 7) is 1.83. The van der Waals surface area contributed by atoms with Crippen LogP contribution >= 0.6 is 23.4 Å². The number of furan rings is 1. The monoisotopic (exact) mass is 456 g/mol. The zero-order valence-corrected chi connectivity index (χ0v) is 18.4. The van der Waals surface area contributed by atoms with Gasteiger partial charge in [-0.1, -0.05) is 35.5 Å². The Bertz CT molecular complexity index is 1120. The van der Waals surface area contributed by atoms with Crippen molar-refractivity contribution in [1.82, 2.24) is 19.9 Å². The maximum atomic E-state index is 13.4. The van der Waals surface area contributed by atoms with Crippen LogP contribution in [0.2, 0.25) is 5.02 Å².